The molecule has 8 heteroatoms. The number of rotatable bonds is 5. The summed E-state index contributed by atoms with van der Waals surface area (Å²) in [5, 5.41) is 9.95. The molecule has 0 saturated heterocycles. The van der Waals surface area contributed by atoms with Gasteiger partial charge in [0.15, 0.2) is 5.82 Å². The monoisotopic (exact) mass is 398 g/mol. The molecule has 0 bridgehead atoms. The number of hydrogen-bond acceptors (Lipinski definition) is 4. The lowest BCUT2D eigenvalue weighted by molar-refractivity contribution is -0.0499. The molecule has 0 fully saturated rings. The van der Waals surface area contributed by atoms with Crippen molar-refractivity contribution < 1.29 is 18.3 Å². The first-order valence-corrected chi connectivity index (χ1v) is 9.37. The van der Waals surface area contributed by atoms with Gasteiger partial charge >= 0.3 is 6.61 Å². The smallest absolute Gasteiger partial charge is 0.387 e. The number of fused-ring (bicyclic) bond motifs is 1. The van der Waals surface area contributed by atoms with Crippen molar-refractivity contribution in [3.63, 3.8) is 0 Å². The van der Waals surface area contributed by atoms with Gasteiger partial charge in [-0.2, -0.15) is 13.9 Å². The number of H-pyrrole nitrogens is 1. The molecule has 1 aliphatic carbocycles. The molecule has 2 N–H and O–H groups in total. The fourth-order valence-corrected chi connectivity index (χ4v) is 3.60. The van der Waals surface area contributed by atoms with Crippen molar-refractivity contribution >= 4 is 5.91 Å². The molecule has 1 amide bonds. The van der Waals surface area contributed by atoms with E-state index in [-0.39, 0.29) is 17.7 Å². The average molecular weight is 398 g/mol. The number of halogens is 2. The largest absolute Gasteiger partial charge is 0.435 e. The first kappa shape index (κ1) is 19.0. The summed E-state index contributed by atoms with van der Waals surface area (Å²) < 4.78 is 29.4. The SMILES string of the molecule is Cc1nc(-c2ccc(C(=O)NC3CCCc4cc(OC(F)F)ccc43)cc2)n[nH]1. The molecular formula is C21H20F2N4O2. The van der Waals surface area contributed by atoms with Crippen molar-refractivity contribution in [3.8, 4) is 17.1 Å². The van der Waals surface area contributed by atoms with Crippen LogP contribution in [-0.2, 0) is 6.42 Å². The summed E-state index contributed by atoms with van der Waals surface area (Å²) in [7, 11) is 0. The fourth-order valence-electron chi connectivity index (χ4n) is 3.60. The van der Waals surface area contributed by atoms with Gasteiger partial charge in [0, 0.05) is 11.1 Å². The molecule has 0 spiro atoms. The van der Waals surface area contributed by atoms with Gasteiger partial charge in [0.25, 0.3) is 5.91 Å². The fraction of sp³-hybridized carbons (Fsp3) is 0.286. The van der Waals surface area contributed by atoms with Crippen LogP contribution in [0.4, 0.5) is 8.78 Å². The van der Waals surface area contributed by atoms with Gasteiger partial charge in [-0.3, -0.25) is 9.89 Å². The maximum atomic E-state index is 12.7. The van der Waals surface area contributed by atoms with Crippen LogP contribution in [0, 0.1) is 6.92 Å². The zero-order valence-corrected chi connectivity index (χ0v) is 15.8. The summed E-state index contributed by atoms with van der Waals surface area (Å²) in [6.45, 7) is -1.03. The first-order chi connectivity index (χ1) is 14.0. The lowest BCUT2D eigenvalue weighted by atomic mass is 9.87. The lowest BCUT2D eigenvalue weighted by Crippen LogP contribution is -2.31. The van der Waals surface area contributed by atoms with Crippen LogP contribution in [0.5, 0.6) is 5.75 Å². The summed E-state index contributed by atoms with van der Waals surface area (Å²) in [6.07, 6.45) is 2.43. The van der Waals surface area contributed by atoms with Gasteiger partial charge in [-0.15, -0.1) is 0 Å². The Morgan fingerprint density at radius 3 is 2.72 bits per heavy atom. The van der Waals surface area contributed by atoms with Gasteiger partial charge in [-0.25, -0.2) is 4.98 Å². The number of ether oxygens (including phenoxy) is 1. The minimum Gasteiger partial charge on any atom is -0.435 e. The zero-order chi connectivity index (χ0) is 20.4. The van der Waals surface area contributed by atoms with Crippen LogP contribution >= 0.6 is 0 Å². The molecule has 0 radical (unpaired) electrons. The van der Waals surface area contributed by atoms with Crippen LogP contribution in [-0.4, -0.2) is 27.7 Å². The number of nitrogens with zero attached hydrogens (tertiary/aromatic N) is 2. The first-order valence-electron chi connectivity index (χ1n) is 9.37. The predicted octanol–water partition coefficient (Wildman–Crippen LogP) is 4.19. The van der Waals surface area contributed by atoms with Crippen LogP contribution in [0.1, 0.15) is 46.2 Å². The molecule has 1 aromatic heterocycles. The van der Waals surface area contributed by atoms with Crippen molar-refractivity contribution in [2.75, 3.05) is 0 Å². The molecule has 6 nitrogen and oxygen atoms in total. The molecule has 1 aliphatic rings. The van der Waals surface area contributed by atoms with Crippen molar-refractivity contribution in [2.24, 2.45) is 0 Å². The highest BCUT2D eigenvalue weighted by Gasteiger charge is 2.23. The van der Waals surface area contributed by atoms with E-state index in [0.717, 1.165) is 41.8 Å². The second-order valence-electron chi connectivity index (χ2n) is 6.98. The van der Waals surface area contributed by atoms with Gasteiger partial charge in [0.1, 0.15) is 11.6 Å². The summed E-state index contributed by atoms with van der Waals surface area (Å²) in [5.41, 5.74) is 3.22. The molecule has 0 saturated carbocycles. The molecular weight excluding hydrogens is 378 g/mol. The van der Waals surface area contributed by atoms with E-state index in [1.54, 1.807) is 36.4 Å². The summed E-state index contributed by atoms with van der Waals surface area (Å²) in [4.78, 5) is 17.0. The van der Waals surface area contributed by atoms with Crippen LogP contribution in [0.3, 0.4) is 0 Å². The quantitative estimate of drug-likeness (QED) is 0.675. The molecule has 1 atom stereocenters. The van der Waals surface area contributed by atoms with Crippen molar-refractivity contribution in [1.29, 1.82) is 0 Å². The highest BCUT2D eigenvalue weighted by molar-refractivity contribution is 5.94. The topological polar surface area (TPSA) is 79.9 Å². The Labute approximate surface area is 166 Å². The molecule has 0 aliphatic heterocycles. The van der Waals surface area contributed by atoms with Gasteiger partial charge in [-0.05, 0) is 61.6 Å². The Hall–Kier alpha value is -3.29. The third-order valence-corrected chi connectivity index (χ3v) is 4.96. The normalized spacial score (nSPS) is 15.8. The second kappa shape index (κ2) is 7.98. The van der Waals surface area contributed by atoms with Crippen LogP contribution < -0.4 is 10.1 Å². The standard InChI is InChI=1S/C21H20F2N4O2/c1-12-24-19(27-26-12)13-5-7-14(8-6-13)20(28)25-18-4-2-3-15-11-16(29-21(22)23)9-10-17(15)18/h5-11,18,21H,2-4H2,1H3,(H,25,28)(H,24,26,27). The van der Waals surface area contributed by atoms with Gasteiger partial charge in [0.05, 0.1) is 6.04 Å². The maximum Gasteiger partial charge on any atom is 0.387 e. The highest BCUT2D eigenvalue weighted by atomic mass is 19.3. The van der Waals surface area contributed by atoms with E-state index in [0.29, 0.717) is 11.4 Å². The van der Waals surface area contributed by atoms with Gasteiger partial charge < -0.3 is 10.1 Å². The van der Waals surface area contributed by atoms with Crippen molar-refractivity contribution in [3.05, 3.63) is 65.0 Å². The van der Waals surface area contributed by atoms with E-state index in [4.69, 9.17) is 0 Å². The molecule has 29 heavy (non-hydrogen) atoms. The average Bonchev–Trinajstić information content (AvgIpc) is 3.14. The number of carbonyl (C=O) groups excluding carboxylic acids is 1. The van der Waals surface area contributed by atoms with Crippen molar-refractivity contribution in [1.82, 2.24) is 20.5 Å². The van der Waals surface area contributed by atoms with E-state index in [1.165, 1.54) is 6.07 Å². The minimum atomic E-state index is -2.85. The van der Waals surface area contributed by atoms with E-state index < -0.39 is 6.61 Å². The van der Waals surface area contributed by atoms with E-state index in [9.17, 15) is 13.6 Å². The molecule has 4 rings (SSSR count). The summed E-state index contributed by atoms with van der Waals surface area (Å²) in [5.74, 6) is 1.26. The number of aryl methyl sites for hydroxylation is 2. The Kier molecular flexibility index (Phi) is 5.24. The number of aromatic nitrogens is 3. The van der Waals surface area contributed by atoms with Gasteiger partial charge in [0.2, 0.25) is 0 Å². The maximum absolute atomic E-state index is 12.7. The van der Waals surface area contributed by atoms with Crippen LogP contribution in [0.15, 0.2) is 42.5 Å². The Morgan fingerprint density at radius 2 is 2.03 bits per heavy atom. The molecule has 2 aromatic carbocycles. The number of carbonyl (C=O) groups is 1. The Bertz CT molecular complexity index is 1020. The Morgan fingerprint density at radius 1 is 1.24 bits per heavy atom. The summed E-state index contributed by atoms with van der Waals surface area (Å²) in [6, 6.07) is 11.8. The number of nitrogens with one attached hydrogen (secondary N) is 2. The highest BCUT2D eigenvalue weighted by Crippen LogP contribution is 2.33. The number of benzene rings is 2. The zero-order valence-electron chi connectivity index (χ0n) is 15.8. The molecule has 150 valence electrons. The van der Waals surface area contributed by atoms with E-state index in [1.807, 2.05) is 6.92 Å². The number of alkyl halides is 2. The van der Waals surface area contributed by atoms with Crippen molar-refractivity contribution in [2.45, 2.75) is 38.8 Å². The predicted molar refractivity (Wildman–Crippen MR) is 103 cm³/mol. The third-order valence-electron chi connectivity index (χ3n) is 4.96. The lowest BCUT2D eigenvalue weighted by Gasteiger charge is -2.27. The van der Waals surface area contributed by atoms with E-state index in [2.05, 4.69) is 25.2 Å². The number of hydrogen-bond donors (Lipinski definition) is 2. The minimum absolute atomic E-state index is 0.142. The number of aromatic amines is 1. The summed E-state index contributed by atoms with van der Waals surface area (Å²) >= 11 is 0. The molecule has 1 unspecified atom stereocenters. The van der Waals surface area contributed by atoms with Crippen LogP contribution in [0.25, 0.3) is 11.4 Å². The Balaban J connectivity index is 1.48. The molecule has 3 aromatic rings. The number of amides is 1. The van der Waals surface area contributed by atoms with Crippen LogP contribution in [0.2, 0.25) is 0 Å². The third kappa shape index (κ3) is 4.26. The van der Waals surface area contributed by atoms with Gasteiger partial charge in [-0.1, -0.05) is 18.2 Å². The van der Waals surface area contributed by atoms with E-state index >= 15 is 0 Å². The molecule has 1 heterocycles. The second-order valence-corrected chi connectivity index (χ2v) is 6.98.